The number of hydrogen-bond donors (Lipinski definition) is 1. The molecule has 96 valence electrons. The zero-order chi connectivity index (χ0) is 13.1. The van der Waals surface area contributed by atoms with Crippen molar-refractivity contribution in [2.75, 3.05) is 0 Å². The predicted octanol–water partition coefficient (Wildman–Crippen LogP) is 2.26. The van der Waals surface area contributed by atoms with Gasteiger partial charge in [-0.3, -0.25) is 0 Å². The summed E-state index contributed by atoms with van der Waals surface area (Å²) in [5.41, 5.74) is 1.31. The molecular weight excluding hydrogens is 236 g/mol. The Balaban J connectivity index is 1.74. The van der Waals surface area contributed by atoms with Crippen molar-refractivity contribution in [1.29, 1.82) is 0 Å². The molecule has 0 aliphatic heterocycles. The maximum atomic E-state index is 4.06. The van der Waals surface area contributed by atoms with Crippen LogP contribution in [0.4, 0.5) is 0 Å². The van der Waals surface area contributed by atoms with Gasteiger partial charge in [-0.25, -0.2) is 0 Å². The summed E-state index contributed by atoms with van der Waals surface area (Å²) in [5, 5.41) is 13.9. The Morgan fingerprint density at radius 1 is 1.05 bits per heavy atom. The van der Waals surface area contributed by atoms with E-state index in [0.717, 1.165) is 18.9 Å². The second-order valence-electron chi connectivity index (χ2n) is 4.60. The van der Waals surface area contributed by atoms with Gasteiger partial charge in [0.1, 0.15) is 12.2 Å². The van der Waals surface area contributed by atoms with Crippen molar-refractivity contribution in [2.24, 2.45) is 7.05 Å². The van der Waals surface area contributed by atoms with Gasteiger partial charge >= 0.3 is 0 Å². The first-order valence-corrected chi connectivity index (χ1v) is 6.35. The number of nitrogens with zero attached hydrogens (tertiary/aromatic N) is 3. The van der Waals surface area contributed by atoms with E-state index >= 15 is 0 Å². The summed E-state index contributed by atoms with van der Waals surface area (Å²) >= 11 is 0. The molecule has 2 aromatic carbocycles. The summed E-state index contributed by atoms with van der Waals surface area (Å²) in [5.74, 6) is 0.945. The Kier molecular flexibility index (Phi) is 3.25. The molecule has 1 N–H and O–H groups in total. The third-order valence-electron chi connectivity index (χ3n) is 3.28. The molecule has 3 rings (SSSR count). The summed E-state index contributed by atoms with van der Waals surface area (Å²) in [6, 6.07) is 14.8. The van der Waals surface area contributed by atoms with Gasteiger partial charge < -0.3 is 9.88 Å². The molecule has 3 aromatic rings. The van der Waals surface area contributed by atoms with Gasteiger partial charge in [-0.2, -0.15) is 0 Å². The molecule has 0 radical (unpaired) electrons. The normalized spacial score (nSPS) is 11.0. The van der Waals surface area contributed by atoms with Crippen LogP contribution in [0.15, 0.2) is 48.8 Å². The van der Waals surface area contributed by atoms with E-state index in [1.807, 2.05) is 11.6 Å². The zero-order valence-electron chi connectivity index (χ0n) is 10.9. The van der Waals surface area contributed by atoms with Crippen LogP contribution in [0.5, 0.6) is 0 Å². The standard InChI is InChI=1S/C15H16N4/c1-19-11-17-18-15(19)10-16-9-13-7-4-6-12-5-2-3-8-14(12)13/h2-8,11,16H,9-10H2,1H3. The number of aromatic nitrogens is 3. The van der Waals surface area contributed by atoms with Crippen LogP contribution in [0.3, 0.4) is 0 Å². The highest BCUT2D eigenvalue weighted by molar-refractivity contribution is 5.85. The SMILES string of the molecule is Cn1cnnc1CNCc1cccc2ccccc12. The van der Waals surface area contributed by atoms with E-state index in [0.29, 0.717) is 0 Å². The van der Waals surface area contributed by atoms with Gasteiger partial charge in [-0.05, 0) is 16.3 Å². The maximum absolute atomic E-state index is 4.06. The molecule has 19 heavy (non-hydrogen) atoms. The summed E-state index contributed by atoms with van der Waals surface area (Å²) < 4.78 is 1.93. The van der Waals surface area contributed by atoms with Gasteiger partial charge in [0.2, 0.25) is 0 Å². The number of fused-ring (bicyclic) bond motifs is 1. The van der Waals surface area contributed by atoms with Gasteiger partial charge in [0.05, 0.1) is 6.54 Å². The Labute approximate surface area is 112 Å². The highest BCUT2D eigenvalue weighted by Crippen LogP contribution is 2.18. The number of rotatable bonds is 4. The molecule has 4 nitrogen and oxygen atoms in total. The van der Waals surface area contributed by atoms with Crippen molar-refractivity contribution in [3.05, 3.63) is 60.2 Å². The summed E-state index contributed by atoms with van der Waals surface area (Å²) in [6.07, 6.45) is 1.72. The van der Waals surface area contributed by atoms with E-state index in [-0.39, 0.29) is 0 Å². The van der Waals surface area contributed by atoms with Crippen LogP contribution in [-0.4, -0.2) is 14.8 Å². The minimum absolute atomic E-state index is 0.722. The second kappa shape index (κ2) is 5.20. The van der Waals surface area contributed by atoms with Gasteiger partial charge in [0.15, 0.2) is 0 Å². The lowest BCUT2D eigenvalue weighted by Crippen LogP contribution is -2.15. The Hall–Kier alpha value is -2.20. The monoisotopic (exact) mass is 252 g/mol. The summed E-state index contributed by atoms with van der Waals surface area (Å²) in [7, 11) is 1.95. The molecular formula is C15H16N4. The molecule has 0 unspecified atom stereocenters. The Morgan fingerprint density at radius 3 is 2.74 bits per heavy atom. The smallest absolute Gasteiger partial charge is 0.146 e. The first kappa shape index (κ1) is 11.9. The quantitative estimate of drug-likeness (QED) is 0.774. The van der Waals surface area contributed by atoms with Crippen molar-refractivity contribution in [3.8, 4) is 0 Å². The third-order valence-corrected chi connectivity index (χ3v) is 3.28. The molecule has 0 spiro atoms. The fourth-order valence-corrected chi connectivity index (χ4v) is 2.22. The average Bonchev–Trinajstić information content (AvgIpc) is 2.85. The molecule has 0 atom stereocenters. The number of hydrogen-bond acceptors (Lipinski definition) is 3. The van der Waals surface area contributed by atoms with Crippen LogP contribution >= 0.6 is 0 Å². The van der Waals surface area contributed by atoms with E-state index in [1.54, 1.807) is 6.33 Å². The van der Waals surface area contributed by atoms with Crippen LogP contribution in [-0.2, 0) is 20.1 Å². The molecule has 0 fully saturated rings. The maximum Gasteiger partial charge on any atom is 0.146 e. The average molecular weight is 252 g/mol. The fraction of sp³-hybridized carbons (Fsp3) is 0.200. The second-order valence-corrected chi connectivity index (χ2v) is 4.60. The third kappa shape index (κ3) is 2.48. The van der Waals surface area contributed by atoms with Crippen molar-refractivity contribution in [1.82, 2.24) is 20.1 Å². The van der Waals surface area contributed by atoms with Gasteiger partial charge in [0, 0.05) is 13.6 Å². The lowest BCUT2D eigenvalue weighted by atomic mass is 10.0. The van der Waals surface area contributed by atoms with Crippen molar-refractivity contribution >= 4 is 10.8 Å². The van der Waals surface area contributed by atoms with Crippen molar-refractivity contribution in [2.45, 2.75) is 13.1 Å². The van der Waals surface area contributed by atoms with E-state index in [1.165, 1.54) is 16.3 Å². The van der Waals surface area contributed by atoms with Gasteiger partial charge in [-0.1, -0.05) is 42.5 Å². The zero-order valence-corrected chi connectivity index (χ0v) is 10.9. The lowest BCUT2D eigenvalue weighted by Gasteiger charge is -2.08. The topological polar surface area (TPSA) is 42.7 Å². The lowest BCUT2D eigenvalue weighted by molar-refractivity contribution is 0.639. The highest BCUT2D eigenvalue weighted by Gasteiger charge is 2.02. The molecule has 4 heteroatoms. The Bertz CT molecular complexity index is 682. The van der Waals surface area contributed by atoms with Gasteiger partial charge in [0.25, 0.3) is 0 Å². The highest BCUT2D eigenvalue weighted by atomic mass is 15.3. The molecule has 1 heterocycles. The van der Waals surface area contributed by atoms with Crippen molar-refractivity contribution < 1.29 is 0 Å². The fourth-order valence-electron chi connectivity index (χ4n) is 2.22. The van der Waals surface area contributed by atoms with Crippen LogP contribution in [0.1, 0.15) is 11.4 Å². The molecule has 0 aliphatic carbocycles. The first-order valence-electron chi connectivity index (χ1n) is 6.35. The largest absolute Gasteiger partial charge is 0.320 e. The molecule has 0 saturated carbocycles. The minimum atomic E-state index is 0.722. The molecule has 0 saturated heterocycles. The minimum Gasteiger partial charge on any atom is -0.320 e. The van der Waals surface area contributed by atoms with Crippen LogP contribution in [0.2, 0.25) is 0 Å². The molecule has 0 amide bonds. The van der Waals surface area contributed by atoms with Crippen LogP contribution < -0.4 is 5.32 Å². The van der Waals surface area contributed by atoms with E-state index < -0.39 is 0 Å². The van der Waals surface area contributed by atoms with Crippen molar-refractivity contribution in [3.63, 3.8) is 0 Å². The molecule has 1 aromatic heterocycles. The Morgan fingerprint density at radius 2 is 1.89 bits per heavy atom. The number of nitrogens with one attached hydrogen (secondary N) is 1. The number of benzene rings is 2. The summed E-state index contributed by atoms with van der Waals surface area (Å²) in [6.45, 7) is 1.55. The van der Waals surface area contributed by atoms with E-state index in [2.05, 4.69) is 58.0 Å². The van der Waals surface area contributed by atoms with E-state index in [4.69, 9.17) is 0 Å². The summed E-state index contributed by atoms with van der Waals surface area (Å²) in [4.78, 5) is 0. The van der Waals surface area contributed by atoms with Crippen LogP contribution in [0, 0.1) is 0 Å². The predicted molar refractivity (Wildman–Crippen MR) is 75.5 cm³/mol. The first-order chi connectivity index (χ1) is 9.34. The molecule has 0 bridgehead atoms. The van der Waals surface area contributed by atoms with E-state index in [9.17, 15) is 0 Å². The molecule has 0 aliphatic rings. The van der Waals surface area contributed by atoms with Gasteiger partial charge in [-0.15, -0.1) is 10.2 Å². The van der Waals surface area contributed by atoms with Crippen LogP contribution in [0.25, 0.3) is 10.8 Å². The number of aryl methyl sites for hydroxylation is 1.